The summed E-state index contributed by atoms with van der Waals surface area (Å²) in [6, 6.07) is 8.65. The maximum Gasteiger partial charge on any atom is 0.341 e. The molecule has 1 N–H and O–H groups in total. The molecule has 1 fully saturated rings. The lowest BCUT2D eigenvalue weighted by atomic mass is 10.1. The van der Waals surface area contributed by atoms with Crippen molar-refractivity contribution in [2.24, 2.45) is 7.05 Å². The molecule has 0 unspecified atom stereocenters. The number of carbonyl (C=O) groups is 2. The fourth-order valence-electron chi connectivity index (χ4n) is 3.43. The Morgan fingerprint density at radius 2 is 1.97 bits per heavy atom. The van der Waals surface area contributed by atoms with Gasteiger partial charge in [-0.05, 0) is 50.1 Å². The van der Waals surface area contributed by atoms with Crippen molar-refractivity contribution in [2.45, 2.75) is 25.7 Å². The topological polar surface area (TPSA) is 97.5 Å². The number of carboxylic acids is 1. The van der Waals surface area contributed by atoms with Crippen molar-refractivity contribution in [1.29, 1.82) is 0 Å². The minimum atomic E-state index is -1.04. The summed E-state index contributed by atoms with van der Waals surface area (Å²) in [4.78, 5) is 30.3. The predicted molar refractivity (Wildman–Crippen MR) is 108 cm³/mol. The predicted octanol–water partition coefficient (Wildman–Crippen LogP) is 2.89. The number of fused-ring (bicyclic) bond motifs is 1. The van der Waals surface area contributed by atoms with Crippen LogP contribution >= 0.6 is 0 Å². The summed E-state index contributed by atoms with van der Waals surface area (Å²) in [5.74, 6) is -0.337. The van der Waals surface area contributed by atoms with E-state index in [4.69, 9.17) is 14.8 Å². The quantitative estimate of drug-likeness (QED) is 0.690. The molecule has 2 aromatic heterocycles. The average Bonchev–Trinajstić information content (AvgIpc) is 3.51. The fourth-order valence-corrected chi connectivity index (χ4v) is 3.43. The highest BCUT2D eigenvalue weighted by Crippen LogP contribution is 2.40. The maximum atomic E-state index is 13.4. The number of hydrogen-bond donors (Lipinski definition) is 1. The van der Waals surface area contributed by atoms with Crippen LogP contribution in [0.5, 0.6) is 5.75 Å². The number of nitrogens with zero attached hydrogens (tertiary/aromatic N) is 4. The second-order valence-corrected chi connectivity index (χ2v) is 7.32. The Hall–Kier alpha value is -3.42. The van der Waals surface area contributed by atoms with Crippen molar-refractivity contribution in [3.8, 4) is 5.75 Å². The van der Waals surface area contributed by atoms with E-state index in [-0.39, 0.29) is 5.91 Å². The Bertz CT molecular complexity index is 1100. The van der Waals surface area contributed by atoms with Gasteiger partial charge in [-0.2, -0.15) is 5.10 Å². The lowest BCUT2D eigenvalue weighted by Crippen LogP contribution is -2.26. The molecule has 0 saturated heterocycles. The number of aromatic nitrogens is 3. The molecule has 0 radical (unpaired) electrons. The molecular weight excluding hydrogens is 372 g/mol. The average molecular weight is 394 g/mol. The summed E-state index contributed by atoms with van der Waals surface area (Å²) in [5.41, 5.74) is 3.70. The molecule has 0 bridgehead atoms. The van der Waals surface area contributed by atoms with Gasteiger partial charge in [-0.25, -0.2) is 9.78 Å². The molecule has 1 aliphatic carbocycles. The van der Waals surface area contributed by atoms with E-state index in [0.717, 1.165) is 35.3 Å². The number of aliphatic carboxylic acids is 1. The van der Waals surface area contributed by atoms with Crippen LogP contribution in [0.1, 0.15) is 40.5 Å². The van der Waals surface area contributed by atoms with Crippen molar-refractivity contribution in [1.82, 2.24) is 14.8 Å². The summed E-state index contributed by atoms with van der Waals surface area (Å²) in [5, 5.41) is 13.9. The second-order valence-electron chi connectivity index (χ2n) is 7.32. The summed E-state index contributed by atoms with van der Waals surface area (Å²) in [6.45, 7) is 1.47. The van der Waals surface area contributed by atoms with E-state index in [9.17, 15) is 9.59 Å². The van der Waals surface area contributed by atoms with E-state index in [0.29, 0.717) is 22.9 Å². The van der Waals surface area contributed by atoms with Gasteiger partial charge in [-0.3, -0.25) is 9.48 Å². The Morgan fingerprint density at radius 3 is 2.59 bits per heavy atom. The third kappa shape index (κ3) is 3.65. The van der Waals surface area contributed by atoms with Crippen LogP contribution in [0.4, 0.5) is 5.69 Å². The van der Waals surface area contributed by atoms with Crippen LogP contribution in [-0.2, 0) is 11.8 Å². The number of amides is 1. The van der Waals surface area contributed by atoms with Crippen LogP contribution in [0.2, 0.25) is 0 Å². The highest BCUT2D eigenvalue weighted by molar-refractivity contribution is 6.13. The number of ether oxygens (including phenoxy) is 1. The minimum Gasteiger partial charge on any atom is -0.482 e. The first-order valence-electron chi connectivity index (χ1n) is 9.42. The van der Waals surface area contributed by atoms with Gasteiger partial charge in [-0.15, -0.1) is 0 Å². The third-order valence-corrected chi connectivity index (χ3v) is 5.11. The molecule has 150 valence electrons. The lowest BCUT2D eigenvalue weighted by molar-refractivity contribution is -0.139. The molecule has 0 atom stereocenters. The minimum absolute atomic E-state index is 0.144. The van der Waals surface area contributed by atoms with Gasteiger partial charge < -0.3 is 14.7 Å². The van der Waals surface area contributed by atoms with Crippen LogP contribution in [-0.4, -0.2) is 45.4 Å². The summed E-state index contributed by atoms with van der Waals surface area (Å²) in [7, 11) is 3.55. The molecule has 1 amide bonds. The number of hydrogen-bond acceptors (Lipinski definition) is 5. The molecule has 8 nitrogen and oxygen atoms in total. The number of aryl methyl sites for hydroxylation is 2. The number of benzene rings is 1. The van der Waals surface area contributed by atoms with Crippen LogP contribution in [0.15, 0.2) is 30.3 Å². The van der Waals surface area contributed by atoms with Crippen molar-refractivity contribution < 1.29 is 19.4 Å². The zero-order valence-corrected chi connectivity index (χ0v) is 16.5. The van der Waals surface area contributed by atoms with E-state index in [2.05, 4.69) is 5.10 Å². The highest BCUT2D eigenvalue weighted by atomic mass is 16.5. The van der Waals surface area contributed by atoms with Gasteiger partial charge in [0, 0.05) is 31.4 Å². The van der Waals surface area contributed by atoms with Gasteiger partial charge >= 0.3 is 5.97 Å². The zero-order valence-electron chi connectivity index (χ0n) is 16.5. The van der Waals surface area contributed by atoms with Gasteiger partial charge in [0.25, 0.3) is 5.91 Å². The molecule has 3 aromatic rings. The van der Waals surface area contributed by atoms with Gasteiger partial charge in [0.2, 0.25) is 0 Å². The van der Waals surface area contributed by atoms with Gasteiger partial charge in [0.05, 0.1) is 16.6 Å². The molecule has 0 aliphatic heterocycles. The van der Waals surface area contributed by atoms with Crippen molar-refractivity contribution in [2.75, 3.05) is 18.6 Å². The van der Waals surface area contributed by atoms with E-state index in [1.165, 1.54) is 0 Å². The first-order valence-corrected chi connectivity index (χ1v) is 9.42. The van der Waals surface area contributed by atoms with E-state index < -0.39 is 12.6 Å². The standard InChI is InChI=1S/C21H22N4O4/c1-12-19-16(10-17(13-4-5-13)22-20(19)25(3)23-12)21(28)24(2)14-6-8-15(9-7-14)29-11-18(26)27/h6-10,13H,4-5,11H2,1-3H3,(H,26,27). The normalized spacial score (nSPS) is 13.5. The smallest absolute Gasteiger partial charge is 0.341 e. The van der Waals surface area contributed by atoms with E-state index in [1.54, 1.807) is 40.9 Å². The van der Waals surface area contributed by atoms with E-state index >= 15 is 0 Å². The molecule has 0 spiro atoms. The molecule has 2 heterocycles. The van der Waals surface area contributed by atoms with Gasteiger partial charge in [-0.1, -0.05) is 0 Å². The van der Waals surface area contributed by atoms with Crippen LogP contribution < -0.4 is 9.64 Å². The summed E-state index contributed by atoms with van der Waals surface area (Å²) >= 11 is 0. The number of rotatable bonds is 6. The third-order valence-electron chi connectivity index (χ3n) is 5.11. The first-order chi connectivity index (χ1) is 13.8. The Labute approximate surface area is 167 Å². The zero-order chi connectivity index (χ0) is 20.7. The Kier molecular flexibility index (Phi) is 4.70. The molecule has 8 heteroatoms. The van der Waals surface area contributed by atoms with Crippen LogP contribution in [0.25, 0.3) is 11.0 Å². The molecule has 4 rings (SSSR count). The van der Waals surface area contributed by atoms with Gasteiger partial charge in [0.15, 0.2) is 12.3 Å². The molecule has 29 heavy (non-hydrogen) atoms. The largest absolute Gasteiger partial charge is 0.482 e. The molecular formula is C21H22N4O4. The highest BCUT2D eigenvalue weighted by Gasteiger charge is 2.29. The summed E-state index contributed by atoms with van der Waals surface area (Å²) in [6.07, 6.45) is 2.19. The molecule has 1 saturated carbocycles. The molecule has 1 aromatic carbocycles. The number of carbonyl (C=O) groups excluding carboxylic acids is 1. The Morgan fingerprint density at radius 1 is 1.28 bits per heavy atom. The van der Waals surface area contributed by atoms with Crippen LogP contribution in [0.3, 0.4) is 0 Å². The Balaban J connectivity index is 1.66. The first kappa shape index (κ1) is 18.9. The van der Waals surface area contributed by atoms with Crippen molar-refractivity contribution >= 4 is 28.6 Å². The molecule has 1 aliphatic rings. The van der Waals surface area contributed by atoms with Crippen molar-refractivity contribution in [3.63, 3.8) is 0 Å². The fraction of sp³-hybridized carbons (Fsp3) is 0.333. The number of carboxylic acid groups (broad SMARTS) is 1. The van der Waals surface area contributed by atoms with Crippen molar-refractivity contribution in [3.05, 3.63) is 47.3 Å². The lowest BCUT2D eigenvalue weighted by Gasteiger charge is -2.19. The SMILES string of the molecule is Cc1nn(C)c2nc(C3CC3)cc(C(=O)N(C)c3ccc(OCC(=O)O)cc3)c12. The van der Waals surface area contributed by atoms with E-state index in [1.807, 2.05) is 20.0 Å². The maximum absolute atomic E-state index is 13.4. The number of anilines is 1. The van der Waals surface area contributed by atoms with Crippen LogP contribution in [0, 0.1) is 6.92 Å². The second kappa shape index (κ2) is 7.20. The monoisotopic (exact) mass is 394 g/mol. The summed E-state index contributed by atoms with van der Waals surface area (Å²) < 4.78 is 6.87. The number of pyridine rings is 1. The van der Waals surface area contributed by atoms with Gasteiger partial charge in [0.1, 0.15) is 5.75 Å².